The molecule has 0 atom stereocenters. The normalized spacial score (nSPS) is 11.8. The number of para-hydroxylation sites is 1. The number of benzene rings is 1. The third-order valence-corrected chi connectivity index (χ3v) is 3.65. The van der Waals surface area contributed by atoms with Gasteiger partial charge in [-0.15, -0.1) is 0 Å². The zero-order chi connectivity index (χ0) is 12.3. The van der Waals surface area contributed by atoms with Crippen molar-refractivity contribution in [3.8, 4) is 0 Å². The van der Waals surface area contributed by atoms with E-state index in [1.807, 2.05) is 31.2 Å². The summed E-state index contributed by atoms with van der Waals surface area (Å²) in [7, 11) is 0. The van der Waals surface area contributed by atoms with E-state index >= 15 is 0 Å². The molecule has 0 aliphatic carbocycles. The monoisotopic (exact) mass is 257 g/mol. The topological polar surface area (TPSA) is 60.4 Å². The molecule has 0 aliphatic rings. The van der Waals surface area contributed by atoms with Crippen molar-refractivity contribution in [2.75, 3.05) is 0 Å². The molecule has 6 heteroatoms. The summed E-state index contributed by atoms with van der Waals surface area (Å²) in [4.78, 5) is 17.3. The number of fused-ring (bicyclic) bond motifs is 4. The standard InChI is InChI=1S/C12H7N3O2S/c1-6-14-15-11(16)10-9(13-12(15)18-6)7-4-2-3-5-8(7)17-10/h2-5H,1H3. The van der Waals surface area contributed by atoms with Crippen LogP contribution >= 0.6 is 11.3 Å². The summed E-state index contributed by atoms with van der Waals surface area (Å²) in [5.41, 5.74) is 1.29. The number of hydrogen-bond donors (Lipinski definition) is 0. The molecule has 88 valence electrons. The Hall–Kier alpha value is -2.21. The van der Waals surface area contributed by atoms with Crippen LogP contribution in [0.4, 0.5) is 0 Å². The lowest BCUT2D eigenvalue weighted by Gasteiger charge is -1.89. The Labute approximate surface area is 104 Å². The highest BCUT2D eigenvalue weighted by atomic mass is 32.1. The van der Waals surface area contributed by atoms with E-state index in [2.05, 4.69) is 10.1 Å². The summed E-state index contributed by atoms with van der Waals surface area (Å²) in [6, 6.07) is 7.50. The van der Waals surface area contributed by atoms with Crippen molar-refractivity contribution in [1.82, 2.24) is 14.6 Å². The van der Waals surface area contributed by atoms with Crippen molar-refractivity contribution in [2.45, 2.75) is 6.92 Å². The number of rotatable bonds is 0. The molecule has 3 aromatic heterocycles. The molecule has 0 saturated heterocycles. The molecule has 0 N–H and O–H groups in total. The second-order valence-electron chi connectivity index (χ2n) is 4.01. The van der Waals surface area contributed by atoms with Gasteiger partial charge in [0.1, 0.15) is 16.1 Å². The number of aryl methyl sites for hydroxylation is 1. The molecule has 0 fully saturated rings. The lowest BCUT2D eigenvalue weighted by Crippen LogP contribution is -2.14. The highest BCUT2D eigenvalue weighted by Gasteiger charge is 2.15. The highest BCUT2D eigenvalue weighted by Crippen LogP contribution is 2.25. The summed E-state index contributed by atoms with van der Waals surface area (Å²) in [5.74, 6) is 0. The predicted molar refractivity (Wildman–Crippen MR) is 69.1 cm³/mol. The maximum absolute atomic E-state index is 12.2. The van der Waals surface area contributed by atoms with Gasteiger partial charge in [-0.1, -0.05) is 23.5 Å². The number of nitrogens with zero attached hydrogens (tertiary/aromatic N) is 3. The first-order valence-corrected chi connectivity index (χ1v) is 6.23. The first kappa shape index (κ1) is 9.78. The van der Waals surface area contributed by atoms with E-state index < -0.39 is 0 Å². The zero-order valence-electron chi connectivity index (χ0n) is 9.38. The molecule has 0 spiro atoms. The Bertz CT molecular complexity index is 964. The number of furan rings is 1. The number of aromatic nitrogens is 3. The second kappa shape index (κ2) is 3.17. The van der Waals surface area contributed by atoms with Gasteiger partial charge < -0.3 is 4.42 Å². The molecule has 0 radical (unpaired) electrons. The lowest BCUT2D eigenvalue weighted by atomic mass is 10.2. The van der Waals surface area contributed by atoms with Gasteiger partial charge in [0.2, 0.25) is 10.5 Å². The molecule has 1 aromatic carbocycles. The van der Waals surface area contributed by atoms with Crippen molar-refractivity contribution in [2.24, 2.45) is 0 Å². The summed E-state index contributed by atoms with van der Waals surface area (Å²) in [6.07, 6.45) is 0. The van der Waals surface area contributed by atoms with E-state index in [0.29, 0.717) is 16.1 Å². The summed E-state index contributed by atoms with van der Waals surface area (Å²) < 4.78 is 6.87. The Morgan fingerprint density at radius 3 is 3.06 bits per heavy atom. The van der Waals surface area contributed by atoms with Gasteiger partial charge in [-0.05, 0) is 19.1 Å². The largest absolute Gasteiger partial charge is 0.448 e. The van der Waals surface area contributed by atoms with Gasteiger partial charge in [-0.2, -0.15) is 9.61 Å². The van der Waals surface area contributed by atoms with Gasteiger partial charge >= 0.3 is 5.56 Å². The fraction of sp³-hybridized carbons (Fsp3) is 0.0833. The lowest BCUT2D eigenvalue weighted by molar-refractivity contribution is 0.656. The Kier molecular flexibility index (Phi) is 1.72. The molecule has 3 heterocycles. The van der Waals surface area contributed by atoms with Crippen LogP contribution in [0.2, 0.25) is 0 Å². The van der Waals surface area contributed by atoms with Gasteiger partial charge in [-0.3, -0.25) is 4.79 Å². The van der Waals surface area contributed by atoms with Crippen molar-refractivity contribution in [1.29, 1.82) is 0 Å². The molecule has 18 heavy (non-hydrogen) atoms. The second-order valence-corrected chi connectivity index (χ2v) is 5.17. The molecule has 4 rings (SSSR count). The molecule has 4 aromatic rings. The Morgan fingerprint density at radius 2 is 2.17 bits per heavy atom. The molecule has 0 amide bonds. The van der Waals surface area contributed by atoms with E-state index in [1.54, 1.807) is 0 Å². The maximum atomic E-state index is 12.2. The Balaban J connectivity index is 2.36. The van der Waals surface area contributed by atoms with Crippen molar-refractivity contribution in [3.05, 3.63) is 39.6 Å². The summed E-state index contributed by atoms with van der Waals surface area (Å²) >= 11 is 1.39. The van der Waals surface area contributed by atoms with Crippen LogP contribution in [0.3, 0.4) is 0 Å². The zero-order valence-corrected chi connectivity index (χ0v) is 10.2. The van der Waals surface area contributed by atoms with Crippen molar-refractivity contribution in [3.63, 3.8) is 0 Å². The van der Waals surface area contributed by atoms with E-state index in [4.69, 9.17) is 4.42 Å². The van der Waals surface area contributed by atoms with Crippen LogP contribution in [-0.4, -0.2) is 14.6 Å². The fourth-order valence-electron chi connectivity index (χ4n) is 2.06. The van der Waals surface area contributed by atoms with Crippen LogP contribution in [0.15, 0.2) is 33.5 Å². The van der Waals surface area contributed by atoms with Gasteiger partial charge in [0, 0.05) is 5.39 Å². The minimum Gasteiger partial charge on any atom is -0.448 e. The molecular formula is C12H7N3O2S. The van der Waals surface area contributed by atoms with Crippen LogP contribution in [-0.2, 0) is 0 Å². The van der Waals surface area contributed by atoms with Crippen LogP contribution in [0.5, 0.6) is 0 Å². The van der Waals surface area contributed by atoms with Crippen molar-refractivity contribution < 1.29 is 4.42 Å². The van der Waals surface area contributed by atoms with Gasteiger partial charge in [0.15, 0.2) is 0 Å². The maximum Gasteiger partial charge on any atom is 0.318 e. The van der Waals surface area contributed by atoms with E-state index in [-0.39, 0.29) is 11.1 Å². The average Bonchev–Trinajstić information content (AvgIpc) is 2.91. The molecule has 0 bridgehead atoms. The van der Waals surface area contributed by atoms with E-state index in [9.17, 15) is 4.79 Å². The Morgan fingerprint density at radius 1 is 1.33 bits per heavy atom. The molecule has 0 aliphatic heterocycles. The fourth-order valence-corrected chi connectivity index (χ4v) is 2.80. The third kappa shape index (κ3) is 1.12. The van der Waals surface area contributed by atoms with E-state index in [0.717, 1.165) is 10.4 Å². The summed E-state index contributed by atoms with van der Waals surface area (Å²) in [5, 5.41) is 5.79. The first-order chi connectivity index (χ1) is 8.74. The SMILES string of the molecule is Cc1nn2c(=O)c3oc4ccccc4c3nc2s1. The van der Waals surface area contributed by atoms with Crippen LogP contribution in [0.25, 0.3) is 27.0 Å². The molecule has 0 saturated carbocycles. The quantitative estimate of drug-likeness (QED) is 0.485. The average molecular weight is 257 g/mol. The highest BCUT2D eigenvalue weighted by molar-refractivity contribution is 7.16. The molecule has 5 nitrogen and oxygen atoms in total. The van der Waals surface area contributed by atoms with E-state index in [1.165, 1.54) is 15.9 Å². The predicted octanol–water partition coefficient (Wildman–Crippen LogP) is 2.36. The summed E-state index contributed by atoms with van der Waals surface area (Å²) in [6.45, 7) is 1.85. The minimum absolute atomic E-state index is 0.254. The van der Waals surface area contributed by atoms with Gasteiger partial charge in [0.05, 0.1) is 0 Å². The minimum atomic E-state index is -0.254. The first-order valence-electron chi connectivity index (χ1n) is 5.42. The van der Waals surface area contributed by atoms with Gasteiger partial charge in [-0.25, -0.2) is 4.98 Å². The van der Waals surface area contributed by atoms with Crippen LogP contribution < -0.4 is 5.56 Å². The smallest absolute Gasteiger partial charge is 0.318 e. The molecular weight excluding hydrogens is 250 g/mol. The van der Waals surface area contributed by atoms with Crippen LogP contribution in [0, 0.1) is 6.92 Å². The van der Waals surface area contributed by atoms with Crippen molar-refractivity contribution >= 4 is 38.4 Å². The molecule has 0 unspecified atom stereocenters. The number of hydrogen-bond acceptors (Lipinski definition) is 5. The van der Waals surface area contributed by atoms with Gasteiger partial charge in [0.25, 0.3) is 0 Å². The van der Waals surface area contributed by atoms with Crippen LogP contribution in [0.1, 0.15) is 5.01 Å². The third-order valence-electron chi connectivity index (χ3n) is 2.82.